The van der Waals surface area contributed by atoms with E-state index >= 15 is 0 Å². The van der Waals surface area contributed by atoms with Crippen LogP contribution in [0.25, 0.3) is 10.9 Å². The van der Waals surface area contributed by atoms with E-state index in [1.807, 2.05) is 0 Å². The summed E-state index contributed by atoms with van der Waals surface area (Å²) in [6.07, 6.45) is 4.01. The van der Waals surface area contributed by atoms with Gasteiger partial charge in [-0.15, -0.1) is 0 Å². The number of carbonyl (C=O) groups is 1. The first-order valence-electron chi connectivity index (χ1n) is 4.03. The minimum absolute atomic E-state index is 0.0897. The number of aromatic amines is 1. The summed E-state index contributed by atoms with van der Waals surface area (Å²) in [5.41, 5.74) is 0.603. The molecule has 1 N–H and O–H groups in total. The van der Waals surface area contributed by atoms with Crippen LogP contribution in [0.1, 0.15) is 0 Å². The molecule has 0 atom stereocenters. The van der Waals surface area contributed by atoms with E-state index in [1.54, 1.807) is 18.5 Å². The molecule has 2 aromatic heterocycles. The normalized spacial score (nSPS) is 10.6. The van der Waals surface area contributed by atoms with Gasteiger partial charge in [0.05, 0.1) is 17.4 Å². The maximum atomic E-state index is 11.8. The van der Waals surface area contributed by atoms with Gasteiger partial charge in [0.1, 0.15) is 6.29 Å². The van der Waals surface area contributed by atoms with Gasteiger partial charge in [-0.1, -0.05) is 0 Å². The first kappa shape index (κ1) is 9.21. The van der Waals surface area contributed by atoms with Crippen LogP contribution in [0.3, 0.4) is 0 Å². The molecule has 5 heteroatoms. The standard InChI is InChI=1S/C9H7BrN2O2/c10-6-5-11-7-1-2-12(3-4-13)9(14)8(6)7/h1-2,4-5,11H,3H2. The van der Waals surface area contributed by atoms with E-state index in [1.165, 1.54) is 4.57 Å². The van der Waals surface area contributed by atoms with E-state index in [0.29, 0.717) is 11.7 Å². The SMILES string of the molecule is O=CCn1ccc2[nH]cc(Br)c2c1=O. The Bertz CT molecular complexity index is 541. The van der Waals surface area contributed by atoms with Crippen LogP contribution in [-0.4, -0.2) is 15.8 Å². The van der Waals surface area contributed by atoms with Crippen LogP contribution >= 0.6 is 15.9 Å². The minimum Gasteiger partial charge on any atom is -0.360 e. The number of carbonyl (C=O) groups excluding carboxylic acids is 1. The number of pyridine rings is 1. The van der Waals surface area contributed by atoms with Crippen molar-refractivity contribution >= 4 is 33.1 Å². The van der Waals surface area contributed by atoms with Crippen LogP contribution in [0.2, 0.25) is 0 Å². The lowest BCUT2D eigenvalue weighted by Crippen LogP contribution is -2.19. The molecule has 4 nitrogen and oxygen atoms in total. The van der Waals surface area contributed by atoms with E-state index in [0.717, 1.165) is 9.99 Å². The van der Waals surface area contributed by atoms with Gasteiger partial charge in [-0.25, -0.2) is 0 Å². The van der Waals surface area contributed by atoms with Gasteiger partial charge < -0.3 is 14.3 Å². The third-order valence-electron chi connectivity index (χ3n) is 2.03. The van der Waals surface area contributed by atoms with Gasteiger partial charge in [-0.3, -0.25) is 4.79 Å². The first-order chi connectivity index (χ1) is 6.74. The highest BCUT2D eigenvalue weighted by Gasteiger charge is 2.06. The van der Waals surface area contributed by atoms with Gasteiger partial charge in [-0.05, 0) is 22.0 Å². The van der Waals surface area contributed by atoms with E-state index in [9.17, 15) is 9.59 Å². The van der Waals surface area contributed by atoms with Crippen molar-refractivity contribution in [2.45, 2.75) is 6.54 Å². The van der Waals surface area contributed by atoms with E-state index in [2.05, 4.69) is 20.9 Å². The molecule has 0 bridgehead atoms. The molecule has 0 aliphatic rings. The molecule has 2 rings (SSSR count). The summed E-state index contributed by atoms with van der Waals surface area (Å²) in [6, 6.07) is 1.77. The molecule has 0 aliphatic heterocycles. The van der Waals surface area contributed by atoms with Gasteiger partial charge in [0, 0.05) is 16.9 Å². The average molecular weight is 255 g/mol. The Kier molecular flexibility index (Phi) is 2.25. The maximum absolute atomic E-state index is 11.8. The van der Waals surface area contributed by atoms with Crippen LogP contribution in [0, 0.1) is 0 Å². The lowest BCUT2D eigenvalue weighted by Gasteiger charge is -1.99. The monoisotopic (exact) mass is 254 g/mol. The summed E-state index contributed by atoms with van der Waals surface area (Å²) in [6.45, 7) is 0.0897. The molecular formula is C9H7BrN2O2. The van der Waals surface area contributed by atoms with Gasteiger partial charge >= 0.3 is 0 Å². The zero-order chi connectivity index (χ0) is 10.1. The molecule has 0 aromatic carbocycles. The number of halogens is 1. The molecule has 0 fully saturated rings. The number of hydrogen-bond acceptors (Lipinski definition) is 2. The van der Waals surface area contributed by atoms with Crippen molar-refractivity contribution in [3.63, 3.8) is 0 Å². The zero-order valence-corrected chi connectivity index (χ0v) is 8.74. The molecule has 2 aromatic rings. The van der Waals surface area contributed by atoms with Gasteiger partial charge in [-0.2, -0.15) is 0 Å². The first-order valence-corrected chi connectivity index (χ1v) is 4.83. The molecule has 0 saturated carbocycles. The number of H-pyrrole nitrogens is 1. The number of fused-ring (bicyclic) bond motifs is 1. The van der Waals surface area contributed by atoms with Gasteiger partial charge in [0.25, 0.3) is 5.56 Å². The highest BCUT2D eigenvalue weighted by atomic mass is 79.9. The highest BCUT2D eigenvalue weighted by molar-refractivity contribution is 9.10. The van der Waals surface area contributed by atoms with Crippen LogP contribution in [-0.2, 0) is 11.3 Å². The molecule has 0 amide bonds. The maximum Gasteiger partial charge on any atom is 0.261 e. The summed E-state index contributed by atoms with van der Waals surface area (Å²) >= 11 is 3.27. The Labute approximate surface area is 87.7 Å². The van der Waals surface area contributed by atoms with Crippen LogP contribution in [0.15, 0.2) is 27.7 Å². The predicted octanol–water partition coefficient (Wildman–Crippen LogP) is 1.29. The van der Waals surface area contributed by atoms with Crippen molar-refractivity contribution in [2.75, 3.05) is 0 Å². The number of hydrogen-bond donors (Lipinski definition) is 1. The number of rotatable bonds is 2. The summed E-state index contributed by atoms with van der Waals surface area (Å²) in [7, 11) is 0. The van der Waals surface area contributed by atoms with E-state index in [4.69, 9.17) is 0 Å². The molecule has 2 heterocycles. The molecular weight excluding hydrogens is 248 g/mol. The second-order valence-corrected chi connectivity index (χ2v) is 3.72. The summed E-state index contributed by atoms with van der Waals surface area (Å²) in [5, 5.41) is 0.578. The lowest BCUT2D eigenvalue weighted by atomic mass is 10.3. The van der Waals surface area contributed by atoms with Crippen molar-refractivity contribution in [3.05, 3.63) is 33.3 Å². The molecule has 14 heavy (non-hydrogen) atoms. The van der Waals surface area contributed by atoms with Crippen molar-refractivity contribution in [2.24, 2.45) is 0 Å². The predicted molar refractivity (Wildman–Crippen MR) is 56.3 cm³/mol. The van der Waals surface area contributed by atoms with Crippen LogP contribution < -0.4 is 5.56 Å². The largest absolute Gasteiger partial charge is 0.360 e. The van der Waals surface area contributed by atoms with E-state index < -0.39 is 0 Å². The molecule has 0 aliphatic carbocycles. The van der Waals surface area contributed by atoms with Gasteiger partial charge in [0.2, 0.25) is 0 Å². The molecule has 0 radical (unpaired) electrons. The minimum atomic E-state index is -0.164. The summed E-state index contributed by atoms with van der Waals surface area (Å²) in [5.74, 6) is 0. The number of aldehydes is 1. The van der Waals surface area contributed by atoms with Crippen LogP contribution in [0.4, 0.5) is 0 Å². The zero-order valence-electron chi connectivity index (χ0n) is 7.16. The van der Waals surface area contributed by atoms with E-state index in [-0.39, 0.29) is 12.1 Å². The number of aromatic nitrogens is 2. The van der Waals surface area contributed by atoms with Crippen LogP contribution in [0.5, 0.6) is 0 Å². The third-order valence-corrected chi connectivity index (χ3v) is 2.66. The Hall–Kier alpha value is -1.36. The molecule has 0 unspecified atom stereocenters. The second-order valence-electron chi connectivity index (χ2n) is 2.87. The number of nitrogens with one attached hydrogen (secondary N) is 1. The topological polar surface area (TPSA) is 54.9 Å². The van der Waals surface area contributed by atoms with Crippen molar-refractivity contribution in [1.82, 2.24) is 9.55 Å². The van der Waals surface area contributed by atoms with Crippen molar-refractivity contribution < 1.29 is 4.79 Å². The quantitative estimate of drug-likeness (QED) is 0.822. The summed E-state index contributed by atoms with van der Waals surface area (Å²) in [4.78, 5) is 25.0. The Morgan fingerprint density at radius 1 is 1.57 bits per heavy atom. The Balaban J connectivity index is 2.79. The number of nitrogens with zero attached hydrogens (tertiary/aromatic N) is 1. The molecule has 0 spiro atoms. The smallest absolute Gasteiger partial charge is 0.261 e. The summed E-state index contributed by atoms with van der Waals surface area (Å²) < 4.78 is 2.09. The van der Waals surface area contributed by atoms with Gasteiger partial charge in [0.15, 0.2) is 0 Å². The second kappa shape index (κ2) is 3.42. The van der Waals surface area contributed by atoms with Crippen molar-refractivity contribution in [1.29, 1.82) is 0 Å². The fourth-order valence-corrected chi connectivity index (χ4v) is 1.86. The van der Waals surface area contributed by atoms with Crippen molar-refractivity contribution in [3.8, 4) is 0 Å². The lowest BCUT2D eigenvalue weighted by molar-refractivity contribution is -0.108. The Morgan fingerprint density at radius 2 is 2.36 bits per heavy atom. The fraction of sp³-hybridized carbons (Fsp3) is 0.111. The third kappa shape index (κ3) is 1.29. The fourth-order valence-electron chi connectivity index (χ4n) is 1.36. The molecule has 0 saturated heterocycles. The highest BCUT2D eigenvalue weighted by Crippen LogP contribution is 2.19. The Morgan fingerprint density at radius 3 is 3.07 bits per heavy atom. The average Bonchev–Trinajstić information content (AvgIpc) is 2.54. The molecule has 72 valence electrons.